The van der Waals surface area contributed by atoms with E-state index in [1.807, 2.05) is 50.2 Å². The van der Waals surface area contributed by atoms with Crippen LogP contribution in [0.5, 0.6) is 17.5 Å². The molecule has 1 aliphatic rings. The van der Waals surface area contributed by atoms with Crippen molar-refractivity contribution in [2.45, 2.75) is 130 Å². The Kier molecular flexibility index (Phi) is 13.1. The number of hydrogen-bond acceptors (Lipinski definition) is 7. The average molecular weight is 781 g/mol. The van der Waals surface area contributed by atoms with E-state index < -0.39 is 40.8 Å². The number of aromatic nitrogens is 2. The normalized spacial score (nSPS) is 14.7. The largest absolute Gasteiger partial charge is 0.491 e. The van der Waals surface area contributed by atoms with Crippen molar-refractivity contribution in [2.24, 2.45) is 5.41 Å². The van der Waals surface area contributed by atoms with Crippen LogP contribution in [-0.2, 0) is 31.8 Å². The van der Waals surface area contributed by atoms with Gasteiger partial charge in [0.05, 0.1) is 13.2 Å². The molecule has 1 aliphatic carbocycles. The van der Waals surface area contributed by atoms with Gasteiger partial charge in [0.2, 0.25) is 0 Å². The third-order valence-corrected chi connectivity index (χ3v) is 12.0. The van der Waals surface area contributed by atoms with Gasteiger partial charge in [0.15, 0.2) is 17.9 Å². The molecule has 1 aromatic heterocycles. The molecule has 1 heterocycles. The summed E-state index contributed by atoms with van der Waals surface area (Å²) < 4.78 is 14.3. The fraction of sp³-hybridized carbons (Fsp3) is 0.478. The molecule has 2 amide bonds. The molecular formula is C46H60N4O7. The van der Waals surface area contributed by atoms with E-state index in [1.165, 1.54) is 10.1 Å². The summed E-state index contributed by atoms with van der Waals surface area (Å²) >= 11 is 0. The third kappa shape index (κ3) is 9.13. The molecule has 0 bridgehead atoms. The fourth-order valence-corrected chi connectivity index (χ4v) is 7.08. The van der Waals surface area contributed by atoms with E-state index in [1.54, 1.807) is 31.2 Å². The lowest BCUT2D eigenvalue weighted by Gasteiger charge is -2.31. The lowest BCUT2D eigenvalue weighted by atomic mass is 9.76. The first-order valence-corrected chi connectivity index (χ1v) is 20.3. The van der Waals surface area contributed by atoms with Crippen LogP contribution in [0.15, 0.2) is 77.6 Å². The van der Waals surface area contributed by atoms with Gasteiger partial charge in [0.1, 0.15) is 5.75 Å². The van der Waals surface area contributed by atoms with E-state index in [0.717, 1.165) is 28.5 Å². The smallest absolute Gasteiger partial charge is 0.335 e. The molecule has 1 saturated carbocycles. The summed E-state index contributed by atoms with van der Waals surface area (Å²) in [5.74, 6) is -1.66. The Morgan fingerprint density at radius 1 is 0.825 bits per heavy atom. The van der Waals surface area contributed by atoms with Crippen LogP contribution in [0.2, 0.25) is 0 Å². The number of hydrogen-bond donors (Lipinski definition) is 3. The number of rotatable bonds is 19. The van der Waals surface area contributed by atoms with Crippen molar-refractivity contribution in [3.05, 3.63) is 100.0 Å². The SMILES string of the molecule is CCOc1c(O)n(C(C(=O)Nc2cccc(NC(=O)C(CC)Oc3ccc(C(C)(C)CC)cc3C(C)(C)CC)c2)C(=O)C2(CC)CC2)c(=O)n1Cc1ccccc1. The van der Waals surface area contributed by atoms with E-state index in [0.29, 0.717) is 37.1 Å². The molecule has 11 heteroatoms. The monoisotopic (exact) mass is 780 g/mol. The van der Waals surface area contributed by atoms with Crippen molar-refractivity contribution in [2.75, 3.05) is 17.2 Å². The number of anilines is 2. The molecule has 5 rings (SSSR count). The second kappa shape index (κ2) is 17.4. The number of carbonyl (C=O) groups is 3. The number of ketones is 1. The Hall–Kier alpha value is -5.32. The summed E-state index contributed by atoms with van der Waals surface area (Å²) in [6, 6.07) is 20.3. The topological polar surface area (TPSA) is 141 Å². The Labute approximate surface area is 336 Å². The van der Waals surface area contributed by atoms with Crippen LogP contribution in [-0.4, -0.2) is 44.5 Å². The van der Waals surface area contributed by atoms with Crippen LogP contribution >= 0.6 is 0 Å². The number of ether oxygens (including phenoxy) is 2. The van der Waals surface area contributed by atoms with Crippen LogP contribution < -0.4 is 25.8 Å². The second-order valence-corrected chi connectivity index (χ2v) is 16.4. The van der Waals surface area contributed by atoms with Gasteiger partial charge in [-0.1, -0.05) is 104 Å². The van der Waals surface area contributed by atoms with Crippen molar-refractivity contribution in [1.82, 2.24) is 9.13 Å². The third-order valence-electron chi connectivity index (χ3n) is 12.0. The summed E-state index contributed by atoms with van der Waals surface area (Å²) in [5, 5.41) is 17.2. The van der Waals surface area contributed by atoms with E-state index in [-0.39, 0.29) is 41.5 Å². The van der Waals surface area contributed by atoms with Crippen LogP contribution in [0.4, 0.5) is 11.4 Å². The molecule has 1 fully saturated rings. The summed E-state index contributed by atoms with van der Waals surface area (Å²) in [6.07, 6.45) is 3.09. The first kappa shape index (κ1) is 42.8. The standard InChI is InChI=1S/C46H60N4O7/c1-10-35(57-36-24-23-31(44(6,7)11-2)27-34(36)45(8,9)12-3)39(52)47-32-21-18-22-33(28-32)48-40(53)37(38(51)46(13-4)25-26-46)50-41(54)42(56-14-5)49(43(50)55)29-30-19-16-15-17-20-30/h15-24,27-28,35,37,54H,10-14,25-26,29H2,1-9H3,(H,47,52)(H,48,53). The maximum absolute atomic E-state index is 14.3. The van der Waals surface area contributed by atoms with Gasteiger partial charge in [-0.15, -0.1) is 0 Å². The quantitative estimate of drug-likeness (QED) is 0.0808. The van der Waals surface area contributed by atoms with Gasteiger partial charge in [-0.2, -0.15) is 0 Å². The van der Waals surface area contributed by atoms with E-state index in [9.17, 15) is 24.3 Å². The molecule has 0 spiro atoms. The predicted molar refractivity (Wildman–Crippen MR) is 225 cm³/mol. The van der Waals surface area contributed by atoms with Gasteiger partial charge in [-0.05, 0) is 91.7 Å². The zero-order valence-electron chi connectivity index (χ0n) is 35.0. The number of imidazole rings is 1. The highest BCUT2D eigenvalue weighted by atomic mass is 16.5. The Balaban J connectivity index is 1.42. The molecule has 0 radical (unpaired) electrons. The molecule has 11 nitrogen and oxygen atoms in total. The van der Waals surface area contributed by atoms with Crippen LogP contribution in [0.1, 0.15) is 124 Å². The molecule has 57 heavy (non-hydrogen) atoms. The van der Waals surface area contributed by atoms with Gasteiger partial charge in [-0.25, -0.2) is 9.36 Å². The Morgan fingerprint density at radius 3 is 2.02 bits per heavy atom. The van der Waals surface area contributed by atoms with Crippen molar-refractivity contribution in [3.8, 4) is 17.5 Å². The maximum atomic E-state index is 14.3. The van der Waals surface area contributed by atoms with Gasteiger partial charge in [0, 0.05) is 22.4 Å². The molecule has 3 N–H and O–H groups in total. The van der Waals surface area contributed by atoms with Crippen molar-refractivity contribution >= 4 is 29.0 Å². The lowest BCUT2D eigenvalue weighted by Crippen LogP contribution is -2.41. The minimum atomic E-state index is -1.68. The van der Waals surface area contributed by atoms with Crippen molar-refractivity contribution in [1.29, 1.82) is 0 Å². The van der Waals surface area contributed by atoms with Crippen LogP contribution in [0.3, 0.4) is 0 Å². The fourth-order valence-electron chi connectivity index (χ4n) is 7.08. The van der Waals surface area contributed by atoms with E-state index in [2.05, 4.69) is 64.3 Å². The van der Waals surface area contributed by atoms with Crippen LogP contribution in [0, 0.1) is 5.41 Å². The first-order chi connectivity index (χ1) is 27.1. The zero-order chi connectivity index (χ0) is 41.7. The zero-order valence-corrected chi connectivity index (χ0v) is 35.0. The van der Waals surface area contributed by atoms with Crippen LogP contribution in [0.25, 0.3) is 0 Å². The predicted octanol–water partition coefficient (Wildman–Crippen LogP) is 8.91. The molecule has 306 valence electrons. The molecule has 2 unspecified atom stereocenters. The van der Waals surface area contributed by atoms with E-state index >= 15 is 0 Å². The highest BCUT2D eigenvalue weighted by Gasteiger charge is 2.53. The molecule has 0 saturated heterocycles. The molecule has 3 aromatic carbocycles. The highest BCUT2D eigenvalue weighted by Crippen LogP contribution is 2.52. The second-order valence-electron chi connectivity index (χ2n) is 16.4. The first-order valence-electron chi connectivity index (χ1n) is 20.3. The van der Waals surface area contributed by atoms with Crippen molar-refractivity contribution in [3.63, 3.8) is 0 Å². The minimum Gasteiger partial charge on any atom is -0.491 e. The lowest BCUT2D eigenvalue weighted by molar-refractivity contribution is -0.134. The summed E-state index contributed by atoms with van der Waals surface area (Å²) in [4.78, 5) is 56.3. The number of Topliss-reactive ketones (excluding diaryl/α,β-unsaturated/α-hetero) is 1. The summed E-state index contributed by atoms with van der Waals surface area (Å²) in [6.45, 7) is 18.8. The number of aromatic hydroxyl groups is 1. The maximum Gasteiger partial charge on any atom is 0.335 e. The number of benzene rings is 3. The average Bonchev–Trinajstić information content (AvgIpc) is 3.97. The summed E-state index contributed by atoms with van der Waals surface area (Å²) in [7, 11) is 0. The Morgan fingerprint density at radius 2 is 1.46 bits per heavy atom. The van der Waals surface area contributed by atoms with Gasteiger partial charge in [-0.3, -0.25) is 19.0 Å². The van der Waals surface area contributed by atoms with E-state index in [4.69, 9.17) is 9.47 Å². The molecule has 2 atom stereocenters. The molecule has 4 aromatic rings. The number of carbonyl (C=O) groups excluding carboxylic acids is 3. The number of nitrogens with one attached hydrogen (secondary N) is 2. The van der Waals surface area contributed by atoms with Gasteiger partial charge < -0.3 is 25.2 Å². The Bertz CT molecular complexity index is 2130. The minimum absolute atomic E-state index is 0.0160. The molecular weight excluding hydrogens is 721 g/mol. The number of amides is 2. The van der Waals surface area contributed by atoms with Crippen molar-refractivity contribution < 1.29 is 29.0 Å². The van der Waals surface area contributed by atoms with Gasteiger partial charge in [0.25, 0.3) is 23.6 Å². The number of nitrogens with zero attached hydrogens (tertiary/aromatic N) is 2. The highest BCUT2D eigenvalue weighted by molar-refractivity contribution is 6.12. The molecule has 0 aliphatic heterocycles. The summed E-state index contributed by atoms with van der Waals surface area (Å²) in [5.41, 5.74) is 1.98. The van der Waals surface area contributed by atoms with Gasteiger partial charge >= 0.3 is 5.69 Å².